The van der Waals surface area contributed by atoms with E-state index in [2.05, 4.69) is 51.3 Å². The quantitative estimate of drug-likeness (QED) is 0.307. The third kappa shape index (κ3) is 6.48. The van der Waals surface area contributed by atoms with E-state index in [9.17, 15) is 0 Å². The van der Waals surface area contributed by atoms with E-state index in [0.29, 0.717) is 12.5 Å². The molecule has 3 aromatic rings. The molecule has 1 aliphatic rings. The van der Waals surface area contributed by atoms with Crippen molar-refractivity contribution in [3.8, 4) is 5.88 Å². The SMILES string of the molecule is CCCN(CCC)c1cc(N/N=C/c2c[nH]c3ccccc23)cc(OCCN2CCOCC2)n1. The Bertz CT molecular complexity index is 1050. The lowest BCUT2D eigenvalue weighted by atomic mass is 10.2. The molecule has 8 nitrogen and oxygen atoms in total. The first-order valence-electron chi connectivity index (χ1n) is 12.3. The number of rotatable bonds is 12. The minimum atomic E-state index is 0.593. The minimum absolute atomic E-state index is 0.593. The molecule has 0 atom stereocenters. The van der Waals surface area contributed by atoms with Gasteiger partial charge in [0.2, 0.25) is 5.88 Å². The first-order chi connectivity index (χ1) is 16.8. The van der Waals surface area contributed by atoms with Gasteiger partial charge in [-0.2, -0.15) is 10.1 Å². The molecule has 0 aliphatic carbocycles. The molecular weight excluding hydrogens is 428 g/mol. The van der Waals surface area contributed by atoms with Gasteiger partial charge in [0.05, 0.1) is 25.1 Å². The van der Waals surface area contributed by atoms with Gasteiger partial charge in [0.15, 0.2) is 0 Å². The summed E-state index contributed by atoms with van der Waals surface area (Å²) in [4.78, 5) is 12.8. The summed E-state index contributed by atoms with van der Waals surface area (Å²) in [6, 6.07) is 12.2. The van der Waals surface area contributed by atoms with Crippen LogP contribution in [0.1, 0.15) is 32.3 Å². The van der Waals surface area contributed by atoms with Crippen molar-refractivity contribution in [3.63, 3.8) is 0 Å². The minimum Gasteiger partial charge on any atom is -0.476 e. The number of hydrazone groups is 1. The average Bonchev–Trinajstić information content (AvgIpc) is 3.28. The number of H-pyrrole nitrogens is 1. The molecule has 3 heterocycles. The first kappa shape index (κ1) is 24.0. The number of para-hydroxylation sites is 1. The smallest absolute Gasteiger partial charge is 0.217 e. The molecule has 2 N–H and O–H groups in total. The largest absolute Gasteiger partial charge is 0.476 e. The Hall–Kier alpha value is -3.10. The van der Waals surface area contributed by atoms with Crippen LogP contribution >= 0.6 is 0 Å². The van der Waals surface area contributed by atoms with Crippen molar-refractivity contribution >= 4 is 28.6 Å². The molecule has 0 saturated carbocycles. The predicted molar refractivity (Wildman–Crippen MR) is 139 cm³/mol. The Labute approximate surface area is 201 Å². The molecule has 0 bridgehead atoms. The number of morpholine rings is 1. The normalized spacial score (nSPS) is 14.6. The number of hydrogen-bond donors (Lipinski definition) is 2. The summed E-state index contributed by atoms with van der Waals surface area (Å²) in [6.45, 7) is 11.2. The van der Waals surface area contributed by atoms with Gasteiger partial charge < -0.3 is 19.4 Å². The van der Waals surface area contributed by atoms with Crippen LogP contribution in [0.5, 0.6) is 5.88 Å². The second-order valence-electron chi connectivity index (χ2n) is 8.50. The predicted octanol–water partition coefficient (Wildman–Crippen LogP) is 4.35. The summed E-state index contributed by atoms with van der Waals surface area (Å²) in [5, 5.41) is 5.65. The highest BCUT2D eigenvalue weighted by Crippen LogP contribution is 2.24. The fourth-order valence-corrected chi connectivity index (χ4v) is 4.15. The van der Waals surface area contributed by atoms with E-state index in [4.69, 9.17) is 14.5 Å². The molecule has 0 spiro atoms. The highest BCUT2D eigenvalue weighted by molar-refractivity contribution is 5.99. The Morgan fingerprint density at radius 1 is 1.18 bits per heavy atom. The van der Waals surface area contributed by atoms with Crippen LogP contribution in [0, 0.1) is 0 Å². The molecule has 182 valence electrons. The molecular formula is C26H36N6O2. The Morgan fingerprint density at radius 2 is 1.97 bits per heavy atom. The first-order valence-corrected chi connectivity index (χ1v) is 12.3. The summed E-state index contributed by atoms with van der Waals surface area (Å²) in [6.07, 6.45) is 5.93. The zero-order valence-corrected chi connectivity index (χ0v) is 20.3. The molecule has 0 unspecified atom stereocenters. The van der Waals surface area contributed by atoms with Gasteiger partial charge in [-0.15, -0.1) is 0 Å². The van der Waals surface area contributed by atoms with E-state index in [1.807, 2.05) is 36.7 Å². The lowest BCUT2D eigenvalue weighted by Crippen LogP contribution is -2.38. The van der Waals surface area contributed by atoms with Gasteiger partial charge in [0.1, 0.15) is 12.4 Å². The summed E-state index contributed by atoms with van der Waals surface area (Å²) in [5.74, 6) is 1.53. The number of pyridine rings is 1. The lowest BCUT2D eigenvalue weighted by molar-refractivity contribution is 0.0320. The monoisotopic (exact) mass is 464 g/mol. The molecule has 34 heavy (non-hydrogen) atoms. The highest BCUT2D eigenvalue weighted by Gasteiger charge is 2.13. The van der Waals surface area contributed by atoms with E-state index < -0.39 is 0 Å². The number of hydrogen-bond acceptors (Lipinski definition) is 7. The molecule has 1 fully saturated rings. The van der Waals surface area contributed by atoms with Gasteiger partial charge in [0.25, 0.3) is 0 Å². The van der Waals surface area contributed by atoms with E-state index in [0.717, 1.165) is 86.8 Å². The van der Waals surface area contributed by atoms with Crippen molar-refractivity contribution < 1.29 is 9.47 Å². The Kier molecular flexibility index (Phi) is 8.76. The van der Waals surface area contributed by atoms with Crippen LogP contribution < -0.4 is 15.1 Å². The van der Waals surface area contributed by atoms with Crippen LogP contribution in [-0.2, 0) is 4.74 Å². The van der Waals surface area contributed by atoms with Crippen LogP contribution in [-0.4, -0.2) is 73.6 Å². The van der Waals surface area contributed by atoms with Crippen LogP contribution in [0.15, 0.2) is 47.7 Å². The van der Waals surface area contributed by atoms with Crippen LogP contribution in [0.25, 0.3) is 10.9 Å². The number of aromatic nitrogens is 2. The number of nitrogens with zero attached hydrogens (tertiary/aromatic N) is 4. The van der Waals surface area contributed by atoms with Gasteiger partial charge in [-0.25, -0.2) is 0 Å². The van der Waals surface area contributed by atoms with Crippen LogP contribution in [0.4, 0.5) is 11.5 Å². The van der Waals surface area contributed by atoms with Crippen LogP contribution in [0.3, 0.4) is 0 Å². The van der Waals surface area contributed by atoms with Gasteiger partial charge in [-0.3, -0.25) is 10.3 Å². The van der Waals surface area contributed by atoms with Gasteiger partial charge in [-0.05, 0) is 18.9 Å². The number of anilines is 2. The zero-order valence-electron chi connectivity index (χ0n) is 20.3. The van der Waals surface area contributed by atoms with E-state index in [-0.39, 0.29) is 0 Å². The zero-order chi connectivity index (χ0) is 23.6. The van der Waals surface area contributed by atoms with Crippen molar-refractivity contribution in [2.75, 3.05) is 62.9 Å². The van der Waals surface area contributed by atoms with Gasteiger partial charge in [-0.1, -0.05) is 32.0 Å². The molecule has 2 aromatic heterocycles. The number of fused-ring (bicyclic) bond motifs is 1. The third-order valence-electron chi connectivity index (χ3n) is 5.88. The standard InChI is InChI=1S/C26H36N6O2/c1-3-9-32(10-4-2)25-17-22(18-26(29-25)34-16-13-31-11-14-33-15-12-31)30-28-20-21-19-27-24-8-6-5-7-23(21)24/h5-8,17-20,27H,3-4,9-16H2,1-2H3,(H,29,30)/b28-20+. The maximum Gasteiger partial charge on any atom is 0.217 e. The molecule has 8 heteroatoms. The molecule has 1 aliphatic heterocycles. The maximum atomic E-state index is 6.09. The van der Waals surface area contributed by atoms with Crippen molar-refractivity contribution in [2.45, 2.75) is 26.7 Å². The van der Waals surface area contributed by atoms with Crippen molar-refractivity contribution in [1.82, 2.24) is 14.9 Å². The van der Waals surface area contributed by atoms with Crippen LogP contribution in [0.2, 0.25) is 0 Å². The maximum absolute atomic E-state index is 6.09. The fraction of sp³-hybridized carbons (Fsp3) is 0.462. The summed E-state index contributed by atoms with van der Waals surface area (Å²) < 4.78 is 11.5. The van der Waals surface area contributed by atoms with E-state index >= 15 is 0 Å². The topological polar surface area (TPSA) is 78.0 Å². The van der Waals surface area contributed by atoms with Crippen molar-refractivity contribution in [2.24, 2.45) is 5.10 Å². The number of ether oxygens (including phenoxy) is 2. The van der Waals surface area contributed by atoms with Gasteiger partial charge >= 0.3 is 0 Å². The summed E-state index contributed by atoms with van der Waals surface area (Å²) in [5.41, 5.74) is 6.19. The Morgan fingerprint density at radius 3 is 2.76 bits per heavy atom. The van der Waals surface area contributed by atoms with E-state index in [1.54, 1.807) is 0 Å². The molecule has 0 amide bonds. The van der Waals surface area contributed by atoms with E-state index in [1.165, 1.54) is 0 Å². The molecule has 0 radical (unpaired) electrons. The second kappa shape index (κ2) is 12.4. The third-order valence-corrected chi connectivity index (χ3v) is 5.88. The lowest BCUT2D eigenvalue weighted by Gasteiger charge is -2.26. The summed E-state index contributed by atoms with van der Waals surface area (Å²) >= 11 is 0. The number of nitrogens with one attached hydrogen (secondary N) is 2. The number of benzene rings is 1. The molecule has 1 aromatic carbocycles. The Balaban J connectivity index is 1.48. The van der Waals surface area contributed by atoms with Gasteiger partial charge in [0, 0.05) is 67.5 Å². The summed E-state index contributed by atoms with van der Waals surface area (Å²) in [7, 11) is 0. The second-order valence-corrected chi connectivity index (χ2v) is 8.50. The molecule has 1 saturated heterocycles. The average molecular weight is 465 g/mol. The van der Waals surface area contributed by atoms with Crippen molar-refractivity contribution in [1.29, 1.82) is 0 Å². The molecule has 4 rings (SSSR count). The number of aromatic amines is 1. The fourth-order valence-electron chi connectivity index (χ4n) is 4.15. The highest BCUT2D eigenvalue weighted by atomic mass is 16.5. The van der Waals surface area contributed by atoms with Crippen molar-refractivity contribution in [3.05, 3.63) is 48.2 Å².